The highest BCUT2D eigenvalue weighted by Crippen LogP contribution is 2.23. The molecule has 1 aromatic carbocycles. The van der Waals surface area contributed by atoms with Crippen LogP contribution in [0, 0.1) is 0 Å². The van der Waals surface area contributed by atoms with E-state index in [1.54, 1.807) is 30.9 Å². The molecule has 8 nitrogen and oxygen atoms in total. The van der Waals surface area contributed by atoms with Crippen LogP contribution in [0.2, 0.25) is 0 Å². The van der Waals surface area contributed by atoms with Gasteiger partial charge < -0.3 is 15.5 Å². The number of hydrogen-bond donors (Lipinski definition) is 2. The predicted molar refractivity (Wildman–Crippen MR) is 100 cm³/mol. The van der Waals surface area contributed by atoms with Crippen LogP contribution in [0.4, 0.5) is 16.2 Å². The molecule has 0 radical (unpaired) electrons. The highest BCUT2D eigenvalue weighted by Gasteiger charge is 2.43. The van der Waals surface area contributed by atoms with Crippen molar-refractivity contribution in [1.82, 2.24) is 10.2 Å². The predicted octanol–water partition coefficient (Wildman–Crippen LogP) is 1.86. The summed E-state index contributed by atoms with van der Waals surface area (Å²) in [5, 5.41) is 5.40. The molecule has 0 atom stereocenters. The summed E-state index contributed by atoms with van der Waals surface area (Å²) in [6.45, 7) is 4.24. The molecule has 0 bridgehead atoms. The lowest BCUT2D eigenvalue weighted by Gasteiger charge is -2.16. The van der Waals surface area contributed by atoms with Crippen molar-refractivity contribution in [2.75, 3.05) is 23.3 Å². The summed E-state index contributed by atoms with van der Waals surface area (Å²) in [6, 6.07) is 6.73. The Morgan fingerprint density at radius 1 is 1.19 bits per heavy atom. The quantitative estimate of drug-likeness (QED) is 0.745. The van der Waals surface area contributed by atoms with E-state index in [9.17, 15) is 19.2 Å². The normalized spacial score (nSPS) is 18.8. The Morgan fingerprint density at radius 2 is 1.89 bits per heavy atom. The minimum atomic E-state index is -0.891. The first-order valence-corrected chi connectivity index (χ1v) is 9.12. The van der Waals surface area contributed by atoms with Crippen molar-refractivity contribution in [1.29, 1.82) is 0 Å². The second-order valence-electron chi connectivity index (χ2n) is 7.36. The lowest BCUT2D eigenvalue weighted by Crippen LogP contribution is -2.40. The van der Waals surface area contributed by atoms with Gasteiger partial charge in [0, 0.05) is 37.3 Å². The molecule has 8 heteroatoms. The van der Waals surface area contributed by atoms with Crippen LogP contribution in [-0.4, -0.2) is 47.3 Å². The number of amides is 5. The number of rotatable bonds is 6. The fourth-order valence-corrected chi connectivity index (χ4v) is 3.29. The zero-order valence-corrected chi connectivity index (χ0v) is 15.6. The summed E-state index contributed by atoms with van der Waals surface area (Å²) in [5.41, 5.74) is 0.584. The molecule has 2 aliphatic heterocycles. The average Bonchev–Trinajstić information content (AvgIpc) is 3.11. The maximum Gasteiger partial charge on any atom is 0.325 e. The third kappa shape index (κ3) is 4.10. The van der Waals surface area contributed by atoms with Crippen molar-refractivity contribution in [2.24, 2.45) is 0 Å². The van der Waals surface area contributed by atoms with Crippen molar-refractivity contribution in [3.8, 4) is 0 Å². The number of nitrogens with zero attached hydrogens (tertiary/aromatic N) is 2. The summed E-state index contributed by atoms with van der Waals surface area (Å²) in [5.74, 6) is -0.346. The third-order valence-electron chi connectivity index (χ3n) is 4.77. The molecule has 0 aliphatic carbocycles. The van der Waals surface area contributed by atoms with Crippen LogP contribution in [0.25, 0.3) is 0 Å². The summed E-state index contributed by atoms with van der Waals surface area (Å²) < 4.78 is 0. The molecule has 2 heterocycles. The summed E-state index contributed by atoms with van der Waals surface area (Å²) in [7, 11) is 0. The smallest absolute Gasteiger partial charge is 0.325 e. The minimum absolute atomic E-state index is 0.121. The van der Waals surface area contributed by atoms with E-state index in [1.165, 1.54) is 0 Å². The monoisotopic (exact) mass is 372 g/mol. The van der Waals surface area contributed by atoms with Crippen LogP contribution >= 0.6 is 0 Å². The Morgan fingerprint density at radius 3 is 2.44 bits per heavy atom. The molecule has 3 rings (SSSR count). The van der Waals surface area contributed by atoms with Gasteiger partial charge >= 0.3 is 6.03 Å². The van der Waals surface area contributed by atoms with E-state index in [0.717, 1.165) is 23.6 Å². The molecule has 0 unspecified atom stereocenters. The Bertz CT molecular complexity index is 772. The topological polar surface area (TPSA) is 98.8 Å². The van der Waals surface area contributed by atoms with Gasteiger partial charge in [0.15, 0.2) is 0 Å². The molecule has 0 saturated carbocycles. The lowest BCUT2D eigenvalue weighted by atomic mass is 10.1. The van der Waals surface area contributed by atoms with Gasteiger partial charge in [-0.05, 0) is 51.0 Å². The Kier molecular flexibility index (Phi) is 5.16. The largest absolute Gasteiger partial charge is 0.326 e. The van der Waals surface area contributed by atoms with Crippen molar-refractivity contribution >= 4 is 35.1 Å². The van der Waals surface area contributed by atoms with Crippen molar-refractivity contribution in [3.63, 3.8) is 0 Å². The molecule has 0 spiro atoms. The van der Waals surface area contributed by atoms with Gasteiger partial charge in [-0.25, -0.2) is 4.79 Å². The summed E-state index contributed by atoms with van der Waals surface area (Å²) >= 11 is 0. The number of hydrogen-bond acceptors (Lipinski definition) is 4. The van der Waals surface area contributed by atoms with Crippen molar-refractivity contribution in [3.05, 3.63) is 24.3 Å². The Hall–Kier alpha value is -2.90. The van der Waals surface area contributed by atoms with Crippen molar-refractivity contribution in [2.45, 2.75) is 45.1 Å². The van der Waals surface area contributed by atoms with E-state index >= 15 is 0 Å². The number of benzene rings is 1. The van der Waals surface area contributed by atoms with E-state index in [0.29, 0.717) is 18.5 Å². The van der Waals surface area contributed by atoms with Crippen LogP contribution in [0.1, 0.15) is 39.5 Å². The number of imide groups is 1. The van der Waals surface area contributed by atoms with Gasteiger partial charge in [-0.15, -0.1) is 0 Å². The van der Waals surface area contributed by atoms with Crippen LogP contribution in [0.5, 0.6) is 0 Å². The van der Waals surface area contributed by atoms with Gasteiger partial charge in [-0.3, -0.25) is 19.3 Å². The van der Waals surface area contributed by atoms with E-state index in [4.69, 9.17) is 0 Å². The molecule has 2 fully saturated rings. The van der Waals surface area contributed by atoms with E-state index in [2.05, 4.69) is 10.6 Å². The number of carbonyl (C=O) groups is 4. The first kappa shape index (κ1) is 18.9. The summed E-state index contributed by atoms with van der Waals surface area (Å²) in [6.07, 6.45) is 2.03. The van der Waals surface area contributed by atoms with Gasteiger partial charge in [0.2, 0.25) is 11.8 Å². The zero-order valence-electron chi connectivity index (χ0n) is 15.6. The fraction of sp³-hybridized carbons (Fsp3) is 0.474. The van der Waals surface area contributed by atoms with E-state index in [-0.39, 0.29) is 30.7 Å². The fourth-order valence-electron chi connectivity index (χ4n) is 3.29. The number of urea groups is 1. The Labute approximate surface area is 157 Å². The first-order chi connectivity index (χ1) is 12.8. The molecule has 2 saturated heterocycles. The molecule has 1 aromatic rings. The molecule has 27 heavy (non-hydrogen) atoms. The highest BCUT2D eigenvalue weighted by molar-refractivity contribution is 6.06. The van der Waals surface area contributed by atoms with Gasteiger partial charge in [-0.2, -0.15) is 0 Å². The van der Waals surface area contributed by atoms with E-state index in [1.807, 2.05) is 12.1 Å². The summed E-state index contributed by atoms with van der Waals surface area (Å²) in [4.78, 5) is 50.6. The minimum Gasteiger partial charge on any atom is -0.326 e. The first-order valence-electron chi connectivity index (χ1n) is 9.12. The lowest BCUT2D eigenvalue weighted by molar-refractivity contribution is -0.130. The number of carbonyl (C=O) groups excluding carboxylic acids is 4. The van der Waals surface area contributed by atoms with Crippen LogP contribution in [0.15, 0.2) is 24.3 Å². The third-order valence-corrected chi connectivity index (χ3v) is 4.77. The highest BCUT2D eigenvalue weighted by atomic mass is 16.2. The zero-order chi connectivity index (χ0) is 19.6. The maximum atomic E-state index is 12.1. The van der Waals surface area contributed by atoms with Crippen molar-refractivity contribution < 1.29 is 19.2 Å². The number of nitrogens with one attached hydrogen (secondary N) is 2. The molecule has 2 aliphatic rings. The molecule has 5 amide bonds. The molecular weight excluding hydrogens is 348 g/mol. The molecule has 2 N–H and O–H groups in total. The Balaban J connectivity index is 1.46. The second kappa shape index (κ2) is 7.38. The van der Waals surface area contributed by atoms with Crippen LogP contribution < -0.4 is 15.5 Å². The average molecular weight is 372 g/mol. The van der Waals surface area contributed by atoms with E-state index < -0.39 is 11.6 Å². The second-order valence-corrected chi connectivity index (χ2v) is 7.36. The number of anilines is 2. The van der Waals surface area contributed by atoms with Crippen LogP contribution in [-0.2, 0) is 14.4 Å². The van der Waals surface area contributed by atoms with Gasteiger partial charge in [0.1, 0.15) is 5.54 Å². The maximum absolute atomic E-state index is 12.1. The molecule has 0 aromatic heterocycles. The SMILES string of the molecule is CC1(C)NC(=O)N(CCCC(=O)Nc2ccc(N3CCCC3=O)cc2)C1=O. The molecule has 144 valence electrons. The van der Waals surface area contributed by atoms with Gasteiger partial charge in [-0.1, -0.05) is 0 Å². The molecular formula is C19H24N4O4. The van der Waals surface area contributed by atoms with Gasteiger partial charge in [0.05, 0.1) is 0 Å². The van der Waals surface area contributed by atoms with Crippen LogP contribution in [0.3, 0.4) is 0 Å². The standard InChI is InChI=1S/C19H24N4O4/c1-19(2)17(26)23(18(27)21-19)12-3-5-15(24)20-13-7-9-14(10-8-13)22-11-4-6-16(22)25/h7-10H,3-6,11-12H2,1-2H3,(H,20,24)(H,21,27). The van der Waals surface area contributed by atoms with Gasteiger partial charge in [0.25, 0.3) is 5.91 Å².